The molecule has 0 aromatic heterocycles. The lowest BCUT2D eigenvalue weighted by molar-refractivity contribution is -0.139. The number of halogens is 1. The standard InChI is InChI=1S/C25H33ClN2O2S/c1-4-6-14-27-25(30)23(5-2)28(16-21-12-7-8-13-22(21)26)24(29)18-31-17-20-11-9-10-19(3)15-20/h7-13,15,23H,4-6,14,16-18H2,1-3H3,(H,27,30)/t23-/m0/s1. The summed E-state index contributed by atoms with van der Waals surface area (Å²) in [4.78, 5) is 27.8. The second kappa shape index (κ2) is 13.4. The molecule has 0 aliphatic carbocycles. The molecular weight excluding hydrogens is 428 g/mol. The van der Waals surface area contributed by atoms with Crippen molar-refractivity contribution >= 4 is 35.2 Å². The lowest BCUT2D eigenvalue weighted by Gasteiger charge is -2.31. The van der Waals surface area contributed by atoms with Gasteiger partial charge in [-0.3, -0.25) is 9.59 Å². The Bertz CT molecular complexity index is 859. The molecule has 0 unspecified atom stereocenters. The highest BCUT2D eigenvalue weighted by Gasteiger charge is 2.28. The van der Waals surface area contributed by atoms with E-state index in [0.29, 0.717) is 30.3 Å². The molecule has 0 aliphatic rings. The van der Waals surface area contributed by atoms with Crippen LogP contribution in [0.25, 0.3) is 0 Å². The van der Waals surface area contributed by atoms with E-state index >= 15 is 0 Å². The van der Waals surface area contributed by atoms with Gasteiger partial charge in [0, 0.05) is 23.9 Å². The highest BCUT2D eigenvalue weighted by atomic mass is 35.5. The minimum absolute atomic E-state index is 0.0462. The molecule has 1 atom stereocenters. The van der Waals surface area contributed by atoms with Crippen molar-refractivity contribution in [1.82, 2.24) is 10.2 Å². The number of carbonyl (C=O) groups excluding carboxylic acids is 2. The molecule has 6 heteroatoms. The topological polar surface area (TPSA) is 49.4 Å². The third-order valence-electron chi connectivity index (χ3n) is 5.09. The molecule has 0 saturated heterocycles. The van der Waals surface area contributed by atoms with Crippen LogP contribution in [0.2, 0.25) is 5.02 Å². The fourth-order valence-corrected chi connectivity index (χ4v) is 4.43. The van der Waals surface area contributed by atoms with E-state index in [1.165, 1.54) is 11.1 Å². The van der Waals surface area contributed by atoms with Gasteiger partial charge in [0.25, 0.3) is 0 Å². The normalized spacial score (nSPS) is 11.7. The van der Waals surface area contributed by atoms with Gasteiger partial charge in [0.1, 0.15) is 6.04 Å². The summed E-state index contributed by atoms with van der Waals surface area (Å²) in [6, 6.07) is 15.3. The molecule has 2 aromatic carbocycles. The van der Waals surface area contributed by atoms with Gasteiger partial charge in [-0.25, -0.2) is 0 Å². The van der Waals surface area contributed by atoms with Crippen molar-refractivity contribution in [3.8, 4) is 0 Å². The van der Waals surface area contributed by atoms with Crippen molar-refractivity contribution in [3.05, 3.63) is 70.2 Å². The van der Waals surface area contributed by atoms with Crippen molar-refractivity contribution in [2.75, 3.05) is 12.3 Å². The zero-order valence-electron chi connectivity index (χ0n) is 18.7. The predicted octanol–water partition coefficient (Wildman–Crippen LogP) is 5.61. The van der Waals surface area contributed by atoms with Crippen LogP contribution in [0.15, 0.2) is 48.5 Å². The maximum atomic E-state index is 13.2. The zero-order chi connectivity index (χ0) is 22.6. The lowest BCUT2D eigenvalue weighted by Crippen LogP contribution is -2.49. The predicted molar refractivity (Wildman–Crippen MR) is 131 cm³/mol. The molecule has 0 fully saturated rings. The van der Waals surface area contributed by atoms with Gasteiger partial charge >= 0.3 is 0 Å². The number of nitrogens with zero attached hydrogens (tertiary/aromatic N) is 1. The number of hydrogen-bond donors (Lipinski definition) is 1. The second-order valence-corrected chi connectivity index (χ2v) is 9.06. The van der Waals surface area contributed by atoms with Crippen LogP contribution < -0.4 is 5.32 Å². The van der Waals surface area contributed by atoms with Gasteiger partial charge in [-0.2, -0.15) is 0 Å². The third-order valence-corrected chi connectivity index (χ3v) is 6.45. The van der Waals surface area contributed by atoms with Crippen molar-refractivity contribution < 1.29 is 9.59 Å². The van der Waals surface area contributed by atoms with Crippen LogP contribution in [0.3, 0.4) is 0 Å². The molecule has 0 saturated carbocycles. The maximum Gasteiger partial charge on any atom is 0.242 e. The monoisotopic (exact) mass is 460 g/mol. The molecule has 4 nitrogen and oxygen atoms in total. The van der Waals surface area contributed by atoms with Gasteiger partial charge in [0.05, 0.1) is 5.75 Å². The van der Waals surface area contributed by atoms with Gasteiger partial charge in [0.15, 0.2) is 0 Å². The highest BCUT2D eigenvalue weighted by molar-refractivity contribution is 7.99. The molecule has 168 valence electrons. The highest BCUT2D eigenvalue weighted by Crippen LogP contribution is 2.21. The van der Waals surface area contributed by atoms with Crippen molar-refractivity contribution in [2.45, 2.75) is 58.4 Å². The second-order valence-electron chi connectivity index (χ2n) is 7.66. The largest absolute Gasteiger partial charge is 0.354 e. The van der Waals surface area contributed by atoms with Crippen molar-refractivity contribution in [1.29, 1.82) is 0 Å². The Labute approximate surface area is 195 Å². The molecule has 1 N–H and O–H groups in total. The molecule has 2 aromatic rings. The average molecular weight is 461 g/mol. The van der Waals surface area contributed by atoms with Crippen molar-refractivity contribution in [3.63, 3.8) is 0 Å². The number of carbonyl (C=O) groups is 2. The third kappa shape index (κ3) is 8.23. The minimum atomic E-state index is -0.514. The van der Waals surface area contributed by atoms with Gasteiger partial charge in [0.2, 0.25) is 11.8 Å². The summed E-state index contributed by atoms with van der Waals surface area (Å²) in [6.45, 7) is 7.04. The van der Waals surface area contributed by atoms with E-state index in [9.17, 15) is 9.59 Å². The molecule has 2 rings (SSSR count). The Morgan fingerprint density at radius 3 is 2.58 bits per heavy atom. The van der Waals surface area contributed by atoms with Gasteiger partial charge in [-0.05, 0) is 37.0 Å². The van der Waals surface area contributed by atoms with Crippen LogP contribution in [0.4, 0.5) is 0 Å². The van der Waals surface area contributed by atoms with E-state index in [1.807, 2.05) is 37.3 Å². The summed E-state index contributed by atoms with van der Waals surface area (Å²) < 4.78 is 0. The molecule has 0 radical (unpaired) electrons. The fraction of sp³-hybridized carbons (Fsp3) is 0.440. The average Bonchev–Trinajstić information content (AvgIpc) is 2.75. The molecule has 0 heterocycles. The first-order valence-electron chi connectivity index (χ1n) is 10.9. The zero-order valence-corrected chi connectivity index (χ0v) is 20.3. The maximum absolute atomic E-state index is 13.2. The molecule has 0 aliphatic heterocycles. The Morgan fingerprint density at radius 1 is 1.13 bits per heavy atom. The first-order chi connectivity index (χ1) is 15.0. The van der Waals surface area contributed by atoms with Crippen LogP contribution in [-0.2, 0) is 21.9 Å². The molecular formula is C25H33ClN2O2S. The summed E-state index contributed by atoms with van der Waals surface area (Å²) in [7, 11) is 0. The number of thioether (sulfide) groups is 1. The van der Waals surface area contributed by atoms with E-state index in [1.54, 1.807) is 16.7 Å². The number of aryl methyl sites for hydroxylation is 1. The fourth-order valence-electron chi connectivity index (χ4n) is 3.38. The number of nitrogens with one attached hydrogen (secondary N) is 1. The van der Waals surface area contributed by atoms with Crippen LogP contribution in [0.5, 0.6) is 0 Å². The molecule has 0 bridgehead atoms. The molecule has 0 spiro atoms. The Balaban J connectivity index is 2.11. The molecule has 31 heavy (non-hydrogen) atoms. The van der Waals surface area contributed by atoms with Gasteiger partial charge in [-0.15, -0.1) is 11.8 Å². The Kier molecular flexibility index (Phi) is 11.0. The van der Waals surface area contributed by atoms with Crippen LogP contribution in [-0.4, -0.2) is 35.1 Å². The summed E-state index contributed by atoms with van der Waals surface area (Å²) in [5.74, 6) is 0.930. The van der Waals surface area contributed by atoms with Crippen molar-refractivity contribution in [2.24, 2.45) is 0 Å². The van der Waals surface area contributed by atoms with E-state index in [4.69, 9.17) is 11.6 Å². The van der Waals surface area contributed by atoms with E-state index in [-0.39, 0.29) is 11.8 Å². The first-order valence-corrected chi connectivity index (χ1v) is 12.4. The SMILES string of the molecule is CCCCNC(=O)[C@H](CC)N(Cc1ccccc1Cl)C(=O)CSCc1cccc(C)c1. The summed E-state index contributed by atoms with van der Waals surface area (Å²) in [6.07, 6.45) is 2.48. The van der Waals surface area contributed by atoms with Gasteiger partial charge < -0.3 is 10.2 Å². The van der Waals surface area contributed by atoms with Crippen LogP contribution in [0.1, 0.15) is 49.8 Å². The van der Waals surface area contributed by atoms with E-state index < -0.39 is 6.04 Å². The number of unbranched alkanes of at least 4 members (excludes halogenated alkanes) is 1. The Hall–Kier alpha value is -1.98. The number of amides is 2. The summed E-state index contributed by atoms with van der Waals surface area (Å²) in [5.41, 5.74) is 3.25. The van der Waals surface area contributed by atoms with E-state index in [0.717, 1.165) is 24.2 Å². The number of rotatable bonds is 12. The van der Waals surface area contributed by atoms with Crippen LogP contribution >= 0.6 is 23.4 Å². The summed E-state index contributed by atoms with van der Waals surface area (Å²) >= 11 is 7.93. The molecule has 2 amide bonds. The Morgan fingerprint density at radius 2 is 1.90 bits per heavy atom. The minimum Gasteiger partial charge on any atom is -0.354 e. The van der Waals surface area contributed by atoms with E-state index in [2.05, 4.69) is 37.4 Å². The lowest BCUT2D eigenvalue weighted by atomic mass is 10.1. The number of benzene rings is 2. The smallest absolute Gasteiger partial charge is 0.242 e. The number of hydrogen-bond acceptors (Lipinski definition) is 3. The summed E-state index contributed by atoms with van der Waals surface area (Å²) in [5, 5.41) is 3.59. The van der Waals surface area contributed by atoms with Gasteiger partial charge in [-0.1, -0.05) is 79.9 Å². The van der Waals surface area contributed by atoms with Crippen LogP contribution in [0, 0.1) is 6.92 Å². The first kappa shape index (κ1) is 25.3. The quantitative estimate of drug-likeness (QED) is 0.419.